The van der Waals surface area contributed by atoms with Crippen molar-refractivity contribution in [1.29, 1.82) is 0 Å². The fraction of sp³-hybridized carbons (Fsp3) is 0.733. The van der Waals surface area contributed by atoms with E-state index in [1.807, 2.05) is 0 Å². The maximum atomic E-state index is 12.3. The Balaban J connectivity index is 4.88. The average molecular weight is 360 g/mol. The molecule has 0 unspecified atom stereocenters. The summed E-state index contributed by atoms with van der Waals surface area (Å²) in [5, 5.41) is 22.6. The van der Waals surface area contributed by atoms with Crippen molar-refractivity contribution in [3.8, 4) is 0 Å². The average Bonchev–Trinajstić information content (AvgIpc) is 2.50. The van der Waals surface area contributed by atoms with Gasteiger partial charge in [0.15, 0.2) is 0 Å². The van der Waals surface area contributed by atoms with Gasteiger partial charge in [0.1, 0.15) is 12.1 Å². The Hall–Kier alpha value is -2.20. The number of nitrogens with two attached hydrogens (primary N) is 2. The smallest absolute Gasteiger partial charge is 0.326 e. The summed E-state index contributed by atoms with van der Waals surface area (Å²) < 4.78 is 0. The Kier molecular flexibility index (Phi) is 10.4. The summed E-state index contributed by atoms with van der Waals surface area (Å²) in [4.78, 5) is 46.1. The van der Waals surface area contributed by atoms with Crippen LogP contribution in [-0.4, -0.2) is 58.6 Å². The third-order valence-corrected chi connectivity index (χ3v) is 3.54. The fourth-order valence-corrected chi connectivity index (χ4v) is 2.09. The van der Waals surface area contributed by atoms with E-state index in [0.717, 1.165) is 0 Å². The summed E-state index contributed by atoms with van der Waals surface area (Å²) in [7, 11) is 0. The number of hydrogen-bond donors (Lipinski definition) is 6. The molecule has 0 radical (unpaired) electrons. The Morgan fingerprint density at radius 2 is 1.60 bits per heavy atom. The predicted octanol–water partition coefficient (Wildman–Crippen LogP) is -1.37. The van der Waals surface area contributed by atoms with Crippen LogP contribution in [0.25, 0.3) is 0 Å². The monoisotopic (exact) mass is 360 g/mol. The lowest BCUT2D eigenvalue weighted by molar-refractivity contribution is -0.143. The van der Waals surface area contributed by atoms with Gasteiger partial charge in [-0.15, -0.1) is 0 Å². The number of amides is 2. The number of carbonyl (C=O) groups is 4. The summed E-state index contributed by atoms with van der Waals surface area (Å²) in [5.74, 6) is -4.21. The predicted molar refractivity (Wildman–Crippen MR) is 89.5 cm³/mol. The molecule has 0 aromatic rings. The molecule has 144 valence electrons. The van der Waals surface area contributed by atoms with E-state index in [4.69, 9.17) is 16.6 Å². The Morgan fingerprint density at radius 3 is 2.04 bits per heavy atom. The summed E-state index contributed by atoms with van der Waals surface area (Å²) in [6, 6.07) is -3.42. The Morgan fingerprint density at radius 1 is 1.00 bits per heavy atom. The molecule has 3 atom stereocenters. The van der Waals surface area contributed by atoms with Crippen LogP contribution >= 0.6 is 0 Å². The minimum absolute atomic E-state index is 0.218. The number of unbranched alkanes of at least 4 members (excludes halogenated alkanes) is 1. The molecule has 10 nitrogen and oxygen atoms in total. The van der Waals surface area contributed by atoms with Gasteiger partial charge < -0.3 is 32.3 Å². The van der Waals surface area contributed by atoms with Gasteiger partial charge in [0, 0.05) is 0 Å². The second kappa shape index (κ2) is 11.4. The van der Waals surface area contributed by atoms with Crippen molar-refractivity contribution in [3.63, 3.8) is 0 Å². The van der Waals surface area contributed by atoms with E-state index in [9.17, 15) is 24.3 Å². The number of nitrogens with one attached hydrogen (secondary N) is 2. The van der Waals surface area contributed by atoms with E-state index in [1.54, 1.807) is 13.8 Å². The second-order valence-corrected chi connectivity index (χ2v) is 6.12. The van der Waals surface area contributed by atoms with Crippen molar-refractivity contribution in [3.05, 3.63) is 0 Å². The summed E-state index contributed by atoms with van der Waals surface area (Å²) >= 11 is 0. The summed E-state index contributed by atoms with van der Waals surface area (Å²) in [5.41, 5.74) is 10.8. The lowest BCUT2D eigenvalue weighted by Gasteiger charge is -2.25. The molecule has 10 heteroatoms. The molecular formula is C15H28N4O6. The molecule has 0 saturated heterocycles. The third-order valence-electron chi connectivity index (χ3n) is 3.54. The molecule has 0 bridgehead atoms. The van der Waals surface area contributed by atoms with Crippen LogP contribution in [0.5, 0.6) is 0 Å². The number of carboxylic acids is 2. The van der Waals surface area contributed by atoms with Gasteiger partial charge in [-0.05, 0) is 31.7 Å². The van der Waals surface area contributed by atoms with Crippen molar-refractivity contribution >= 4 is 23.8 Å². The standard InChI is InChI=1S/C15H28N4O6/c1-8(2)12(19-13(22)9(17)7-11(20)21)14(23)18-10(15(24)25)5-3-4-6-16/h8-10,12H,3-7,16-17H2,1-2H3,(H,18,23)(H,19,22)(H,20,21)(H,24,25)/t9-,10-,12-/m0/s1. The van der Waals surface area contributed by atoms with Gasteiger partial charge >= 0.3 is 11.9 Å². The highest BCUT2D eigenvalue weighted by atomic mass is 16.4. The number of hydrogen-bond acceptors (Lipinski definition) is 6. The van der Waals surface area contributed by atoms with Crippen molar-refractivity contribution in [2.24, 2.45) is 17.4 Å². The molecule has 0 aliphatic carbocycles. The summed E-state index contributed by atoms with van der Waals surface area (Å²) in [6.45, 7) is 3.75. The minimum atomic E-state index is -1.30. The van der Waals surface area contributed by atoms with Crippen molar-refractivity contribution < 1.29 is 29.4 Å². The topological polar surface area (TPSA) is 185 Å². The molecule has 0 spiro atoms. The normalized spacial score (nSPS) is 14.4. The van der Waals surface area contributed by atoms with E-state index >= 15 is 0 Å². The maximum absolute atomic E-state index is 12.3. The third kappa shape index (κ3) is 9.01. The zero-order chi connectivity index (χ0) is 19.6. The first kappa shape index (κ1) is 22.8. The van der Waals surface area contributed by atoms with Crippen molar-refractivity contribution in [2.75, 3.05) is 6.54 Å². The van der Waals surface area contributed by atoms with Crippen LogP contribution in [-0.2, 0) is 19.2 Å². The number of rotatable bonds is 12. The highest BCUT2D eigenvalue weighted by Gasteiger charge is 2.30. The SMILES string of the molecule is CC(C)[C@H](NC(=O)[C@@H](N)CC(=O)O)C(=O)N[C@@H](CCCCN)C(=O)O. The van der Waals surface area contributed by atoms with Gasteiger partial charge in [-0.1, -0.05) is 13.8 Å². The van der Waals surface area contributed by atoms with E-state index in [1.165, 1.54) is 0 Å². The van der Waals surface area contributed by atoms with Crippen LogP contribution in [0, 0.1) is 5.92 Å². The maximum Gasteiger partial charge on any atom is 0.326 e. The Labute approximate surface area is 146 Å². The van der Waals surface area contributed by atoms with Gasteiger partial charge in [0.2, 0.25) is 11.8 Å². The van der Waals surface area contributed by atoms with Gasteiger partial charge in [-0.25, -0.2) is 4.79 Å². The zero-order valence-electron chi connectivity index (χ0n) is 14.5. The van der Waals surface area contributed by atoms with Gasteiger partial charge in [-0.3, -0.25) is 14.4 Å². The van der Waals surface area contributed by atoms with Crippen molar-refractivity contribution in [1.82, 2.24) is 10.6 Å². The molecule has 8 N–H and O–H groups in total. The molecule has 0 saturated carbocycles. The molecule has 25 heavy (non-hydrogen) atoms. The first-order valence-corrected chi connectivity index (χ1v) is 8.11. The molecule has 0 aromatic carbocycles. The van der Waals surface area contributed by atoms with Crippen LogP contribution in [0.4, 0.5) is 0 Å². The van der Waals surface area contributed by atoms with E-state index in [0.29, 0.717) is 19.4 Å². The number of aliphatic carboxylic acids is 2. The van der Waals surface area contributed by atoms with Gasteiger partial charge in [0.25, 0.3) is 0 Å². The molecule has 0 heterocycles. The number of carbonyl (C=O) groups excluding carboxylic acids is 2. The lowest BCUT2D eigenvalue weighted by atomic mass is 10.0. The lowest BCUT2D eigenvalue weighted by Crippen LogP contribution is -2.56. The molecule has 2 amide bonds. The number of carboxylic acid groups (broad SMARTS) is 2. The first-order valence-electron chi connectivity index (χ1n) is 8.11. The van der Waals surface area contributed by atoms with Gasteiger partial charge in [-0.2, -0.15) is 0 Å². The highest BCUT2D eigenvalue weighted by Crippen LogP contribution is 2.06. The molecule has 0 aliphatic rings. The Bertz CT molecular complexity index is 483. The molecule has 0 aliphatic heterocycles. The highest BCUT2D eigenvalue weighted by molar-refractivity contribution is 5.93. The van der Waals surface area contributed by atoms with Crippen LogP contribution in [0.3, 0.4) is 0 Å². The second-order valence-electron chi connectivity index (χ2n) is 6.12. The van der Waals surface area contributed by atoms with E-state index in [2.05, 4.69) is 10.6 Å². The van der Waals surface area contributed by atoms with E-state index in [-0.39, 0.29) is 12.3 Å². The quantitative estimate of drug-likeness (QED) is 0.230. The van der Waals surface area contributed by atoms with Crippen LogP contribution in [0.2, 0.25) is 0 Å². The zero-order valence-corrected chi connectivity index (χ0v) is 14.5. The van der Waals surface area contributed by atoms with E-state index < -0.39 is 48.3 Å². The van der Waals surface area contributed by atoms with Crippen molar-refractivity contribution in [2.45, 2.75) is 57.7 Å². The molecule has 0 fully saturated rings. The molecule has 0 aromatic heterocycles. The first-order chi connectivity index (χ1) is 11.6. The largest absolute Gasteiger partial charge is 0.481 e. The molecular weight excluding hydrogens is 332 g/mol. The fourth-order valence-electron chi connectivity index (χ4n) is 2.09. The van der Waals surface area contributed by atoms with Crippen LogP contribution < -0.4 is 22.1 Å². The molecule has 0 rings (SSSR count). The minimum Gasteiger partial charge on any atom is -0.481 e. The van der Waals surface area contributed by atoms with Crippen LogP contribution in [0.15, 0.2) is 0 Å². The van der Waals surface area contributed by atoms with Gasteiger partial charge in [0.05, 0.1) is 12.5 Å². The summed E-state index contributed by atoms with van der Waals surface area (Å²) in [6.07, 6.45) is 0.814. The van der Waals surface area contributed by atoms with Crippen LogP contribution in [0.1, 0.15) is 39.5 Å².